The summed E-state index contributed by atoms with van der Waals surface area (Å²) in [6.07, 6.45) is 4.88. The molecular formula is C20H31N3O2. The van der Waals surface area contributed by atoms with Crippen LogP contribution in [0.5, 0.6) is 5.75 Å². The van der Waals surface area contributed by atoms with E-state index in [2.05, 4.69) is 14.7 Å². The SMILES string of the molecule is O=C(CN1CCN(CCOc2ccccc2)CC1)N1CCCCCC1. The highest BCUT2D eigenvalue weighted by Crippen LogP contribution is 2.11. The zero-order valence-electron chi connectivity index (χ0n) is 15.2. The average molecular weight is 345 g/mol. The summed E-state index contributed by atoms with van der Waals surface area (Å²) in [5.41, 5.74) is 0. The molecular weight excluding hydrogens is 314 g/mol. The van der Waals surface area contributed by atoms with Crippen molar-refractivity contribution >= 4 is 5.91 Å². The topological polar surface area (TPSA) is 36.0 Å². The Morgan fingerprint density at radius 1 is 0.840 bits per heavy atom. The van der Waals surface area contributed by atoms with Gasteiger partial charge in [0, 0.05) is 45.8 Å². The van der Waals surface area contributed by atoms with Crippen LogP contribution in [-0.2, 0) is 4.79 Å². The molecule has 0 unspecified atom stereocenters. The Morgan fingerprint density at radius 2 is 1.48 bits per heavy atom. The first-order valence-electron chi connectivity index (χ1n) is 9.71. The van der Waals surface area contributed by atoms with Crippen molar-refractivity contribution in [1.82, 2.24) is 14.7 Å². The van der Waals surface area contributed by atoms with Gasteiger partial charge in [-0.05, 0) is 25.0 Å². The number of rotatable bonds is 6. The van der Waals surface area contributed by atoms with Crippen molar-refractivity contribution in [3.05, 3.63) is 30.3 Å². The summed E-state index contributed by atoms with van der Waals surface area (Å²) in [6.45, 7) is 8.16. The molecule has 0 spiro atoms. The molecule has 3 rings (SSSR count). The van der Waals surface area contributed by atoms with Gasteiger partial charge in [0.15, 0.2) is 0 Å². The van der Waals surface area contributed by atoms with E-state index >= 15 is 0 Å². The summed E-state index contributed by atoms with van der Waals surface area (Å²) in [6, 6.07) is 9.97. The van der Waals surface area contributed by atoms with Gasteiger partial charge >= 0.3 is 0 Å². The van der Waals surface area contributed by atoms with Gasteiger partial charge in [-0.2, -0.15) is 0 Å². The summed E-state index contributed by atoms with van der Waals surface area (Å²) in [7, 11) is 0. The number of benzene rings is 1. The lowest BCUT2D eigenvalue weighted by Gasteiger charge is -2.35. The highest BCUT2D eigenvalue weighted by atomic mass is 16.5. The van der Waals surface area contributed by atoms with Crippen LogP contribution in [0.3, 0.4) is 0 Å². The van der Waals surface area contributed by atoms with Crippen molar-refractivity contribution in [3.63, 3.8) is 0 Å². The molecule has 2 aliphatic rings. The van der Waals surface area contributed by atoms with E-state index in [9.17, 15) is 4.79 Å². The first-order valence-corrected chi connectivity index (χ1v) is 9.71. The molecule has 0 saturated carbocycles. The number of carbonyl (C=O) groups is 1. The number of likely N-dealkylation sites (tertiary alicyclic amines) is 1. The predicted octanol–water partition coefficient (Wildman–Crippen LogP) is 2.09. The van der Waals surface area contributed by atoms with Crippen molar-refractivity contribution in [1.29, 1.82) is 0 Å². The molecule has 0 atom stereocenters. The number of para-hydroxylation sites is 1. The van der Waals surface area contributed by atoms with Crippen molar-refractivity contribution < 1.29 is 9.53 Å². The average Bonchev–Trinajstić information content (AvgIpc) is 2.94. The summed E-state index contributed by atoms with van der Waals surface area (Å²) in [5, 5.41) is 0. The van der Waals surface area contributed by atoms with E-state index in [1.807, 2.05) is 30.3 Å². The largest absolute Gasteiger partial charge is 0.492 e. The van der Waals surface area contributed by atoms with E-state index in [-0.39, 0.29) is 0 Å². The Labute approximate surface area is 151 Å². The van der Waals surface area contributed by atoms with Crippen LogP contribution in [0.25, 0.3) is 0 Å². The van der Waals surface area contributed by atoms with E-state index in [4.69, 9.17) is 4.74 Å². The van der Waals surface area contributed by atoms with Gasteiger partial charge in [0.25, 0.3) is 0 Å². The number of hydrogen-bond donors (Lipinski definition) is 0. The van der Waals surface area contributed by atoms with E-state index < -0.39 is 0 Å². The number of piperazine rings is 1. The van der Waals surface area contributed by atoms with Gasteiger partial charge in [-0.1, -0.05) is 31.0 Å². The van der Waals surface area contributed by atoms with Crippen LogP contribution in [0.4, 0.5) is 0 Å². The first kappa shape index (κ1) is 18.2. The van der Waals surface area contributed by atoms with Gasteiger partial charge < -0.3 is 9.64 Å². The Kier molecular flexibility index (Phi) is 7.12. The van der Waals surface area contributed by atoms with Crippen LogP contribution in [-0.4, -0.2) is 79.6 Å². The molecule has 138 valence electrons. The second-order valence-corrected chi connectivity index (χ2v) is 7.07. The Morgan fingerprint density at radius 3 is 2.16 bits per heavy atom. The highest BCUT2D eigenvalue weighted by Gasteiger charge is 2.22. The van der Waals surface area contributed by atoms with E-state index in [0.29, 0.717) is 12.5 Å². The molecule has 0 bridgehead atoms. The van der Waals surface area contributed by atoms with Crippen molar-refractivity contribution in [2.75, 3.05) is 59.0 Å². The summed E-state index contributed by atoms with van der Waals surface area (Å²) >= 11 is 0. The number of carbonyl (C=O) groups excluding carboxylic acids is 1. The smallest absolute Gasteiger partial charge is 0.236 e. The first-order chi connectivity index (χ1) is 12.3. The highest BCUT2D eigenvalue weighted by molar-refractivity contribution is 5.78. The summed E-state index contributed by atoms with van der Waals surface area (Å²) in [5.74, 6) is 1.26. The monoisotopic (exact) mass is 345 g/mol. The third kappa shape index (κ3) is 6.01. The molecule has 0 aliphatic carbocycles. The number of amides is 1. The summed E-state index contributed by atoms with van der Waals surface area (Å²) < 4.78 is 5.78. The molecule has 1 aromatic rings. The number of nitrogens with zero attached hydrogens (tertiary/aromatic N) is 3. The Hall–Kier alpha value is -1.59. The van der Waals surface area contributed by atoms with Crippen molar-refractivity contribution in [3.8, 4) is 5.75 Å². The van der Waals surface area contributed by atoms with Crippen LogP contribution in [0, 0.1) is 0 Å². The zero-order chi connectivity index (χ0) is 17.3. The van der Waals surface area contributed by atoms with Gasteiger partial charge in [-0.15, -0.1) is 0 Å². The van der Waals surface area contributed by atoms with Crippen LogP contribution in [0.1, 0.15) is 25.7 Å². The van der Waals surface area contributed by atoms with Gasteiger partial charge in [0.05, 0.1) is 6.54 Å². The minimum Gasteiger partial charge on any atom is -0.492 e. The van der Waals surface area contributed by atoms with Gasteiger partial charge in [0.1, 0.15) is 12.4 Å². The minimum atomic E-state index is 0.322. The maximum atomic E-state index is 12.5. The molecule has 1 aromatic carbocycles. The molecule has 5 nitrogen and oxygen atoms in total. The molecule has 2 heterocycles. The Bertz CT molecular complexity index is 507. The van der Waals surface area contributed by atoms with E-state index in [1.165, 1.54) is 25.7 Å². The molecule has 2 saturated heterocycles. The van der Waals surface area contributed by atoms with Crippen LogP contribution < -0.4 is 4.74 Å². The van der Waals surface area contributed by atoms with E-state index in [0.717, 1.165) is 58.2 Å². The fourth-order valence-electron chi connectivity index (χ4n) is 3.59. The number of ether oxygens (including phenoxy) is 1. The van der Waals surface area contributed by atoms with Gasteiger partial charge in [-0.3, -0.25) is 14.6 Å². The molecule has 2 fully saturated rings. The maximum Gasteiger partial charge on any atom is 0.236 e. The molecule has 0 radical (unpaired) electrons. The minimum absolute atomic E-state index is 0.322. The summed E-state index contributed by atoms with van der Waals surface area (Å²) in [4.78, 5) is 19.3. The lowest BCUT2D eigenvalue weighted by Crippen LogP contribution is -2.50. The standard InChI is InChI=1S/C20H31N3O2/c24-20(23-10-6-1-2-7-11-23)18-22-14-12-21(13-15-22)16-17-25-19-8-4-3-5-9-19/h3-5,8-9H,1-2,6-7,10-18H2. The normalized spacial score (nSPS) is 20.2. The molecule has 2 aliphatic heterocycles. The molecule has 1 amide bonds. The molecule has 25 heavy (non-hydrogen) atoms. The second kappa shape index (κ2) is 9.78. The number of hydrogen-bond acceptors (Lipinski definition) is 4. The fraction of sp³-hybridized carbons (Fsp3) is 0.650. The molecule has 5 heteroatoms. The van der Waals surface area contributed by atoms with Crippen LogP contribution in [0.2, 0.25) is 0 Å². The Balaban J connectivity index is 1.32. The molecule has 0 aromatic heterocycles. The van der Waals surface area contributed by atoms with Gasteiger partial charge in [-0.25, -0.2) is 0 Å². The fourth-order valence-corrected chi connectivity index (χ4v) is 3.59. The zero-order valence-corrected chi connectivity index (χ0v) is 15.2. The second-order valence-electron chi connectivity index (χ2n) is 7.07. The lowest BCUT2D eigenvalue weighted by molar-refractivity contribution is -0.132. The van der Waals surface area contributed by atoms with Crippen LogP contribution >= 0.6 is 0 Å². The third-order valence-electron chi connectivity index (χ3n) is 5.20. The predicted molar refractivity (Wildman–Crippen MR) is 99.9 cm³/mol. The van der Waals surface area contributed by atoms with Crippen molar-refractivity contribution in [2.45, 2.75) is 25.7 Å². The lowest BCUT2D eigenvalue weighted by atomic mass is 10.2. The quantitative estimate of drug-likeness (QED) is 0.791. The molecule has 0 N–H and O–H groups in total. The van der Waals surface area contributed by atoms with E-state index in [1.54, 1.807) is 0 Å². The van der Waals surface area contributed by atoms with Crippen molar-refractivity contribution in [2.24, 2.45) is 0 Å². The van der Waals surface area contributed by atoms with Gasteiger partial charge in [0.2, 0.25) is 5.91 Å². The maximum absolute atomic E-state index is 12.5. The third-order valence-corrected chi connectivity index (χ3v) is 5.20. The van der Waals surface area contributed by atoms with Crippen LogP contribution in [0.15, 0.2) is 30.3 Å².